The summed E-state index contributed by atoms with van der Waals surface area (Å²) in [7, 11) is 1.55. The van der Waals surface area contributed by atoms with Crippen molar-refractivity contribution in [2.24, 2.45) is 0 Å². The van der Waals surface area contributed by atoms with Crippen LogP contribution < -0.4 is 4.90 Å². The van der Waals surface area contributed by atoms with Gasteiger partial charge in [-0.3, -0.25) is 19.5 Å². The molecule has 0 N–H and O–H groups in total. The molecule has 0 radical (unpaired) electrons. The first kappa shape index (κ1) is 16.3. The van der Waals surface area contributed by atoms with Crippen LogP contribution >= 0.6 is 11.3 Å². The van der Waals surface area contributed by atoms with Crippen molar-refractivity contribution in [2.75, 3.05) is 11.9 Å². The molecule has 0 saturated carbocycles. The van der Waals surface area contributed by atoms with E-state index < -0.39 is 11.7 Å². The minimum absolute atomic E-state index is 0.156. The Morgan fingerprint density at radius 3 is 2.58 bits per heavy atom. The molecular formula is C17H16N2O4S. The third-order valence-corrected chi connectivity index (χ3v) is 4.65. The quantitative estimate of drug-likeness (QED) is 0.677. The van der Waals surface area contributed by atoms with E-state index in [0.29, 0.717) is 21.0 Å². The fraction of sp³-hybridized carbons (Fsp3) is 0.294. The standard InChI is InChI=1S/C17H16N2O4S/c1-17(2,3)23-16(22)19(4)11-8-10-13(20)9-6-5-7-18-12(9)14(21)15(10)24-11/h5-8H,1-4H3. The summed E-state index contributed by atoms with van der Waals surface area (Å²) in [5, 5.41) is 0.476. The Balaban J connectivity index is 1.98. The van der Waals surface area contributed by atoms with Gasteiger partial charge in [0.2, 0.25) is 5.78 Å². The minimum Gasteiger partial charge on any atom is -0.443 e. The lowest BCUT2D eigenvalue weighted by Gasteiger charge is -2.23. The Hall–Kier alpha value is -2.54. The second-order valence-corrected chi connectivity index (χ2v) is 7.46. The van der Waals surface area contributed by atoms with Crippen LogP contribution in [0, 0.1) is 0 Å². The van der Waals surface area contributed by atoms with Gasteiger partial charge in [0.25, 0.3) is 0 Å². The molecule has 7 heteroatoms. The highest BCUT2D eigenvalue weighted by molar-refractivity contribution is 7.18. The molecule has 3 rings (SSSR count). The number of carbonyl (C=O) groups is 3. The fourth-order valence-electron chi connectivity index (χ4n) is 2.32. The minimum atomic E-state index is -0.631. The number of anilines is 1. The lowest BCUT2D eigenvalue weighted by molar-refractivity contribution is 0.0590. The number of nitrogens with zero attached hydrogens (tertiary/aromatic N) is 2. The zero-order valence-corrected chi connectivity index (χ0v) is 14.6. The predicted molar refractivity (Wildman–Crippen MR) is 90.1 cm³/mol. The van der Waals surface area contributed by atoms with Crippen LogP contribution in [0.4, 0.5) is 9.80 Å². The van der Waals surface area contributed by atoms with Crippen LogP contribution in [0.15, 0.2) is 24.4 Å². The van der Waals surface area contributed by atoms with E-state index in [9.17, 15) is 14.4 Å². The van der Waals surface area contributed by atoms with Gasteiger partial charge in [0.1, 0.15) is 16.3 Å². The molecule has 2 heterocycles. The number of hydrogen-bond donors (Lipinski definition) is 0. The van der Waals surface area contributed by atoms with Crippen molar-refractivity contribution >= 4 is 34.0 Å². The molecule has 1 aliphatic carbocycles. The second kappa shape index (κ2) is 5.52. The molecule has 1 aliphatic rings. The fourth-order valence-corrected chi connectivity index (χ4v) is 3.37. The molecule has 6 nitrogen and oxygen atoms in total. The van der Waals surface area contributed by atoms with Crippen LogP contribution in [-0.2, 0) is 4.74 Å². The first-order chi connectivity index (χ1) is 11.2. The summed E-state index contributed by atoms with van der Waals surface area (Å²) in [6.07, 6.45) is 0.938. The number of aromatic nitrogens is 1. The smallest absolute Gasteiger partial charge is 0.415 e. The largest absolute Gasteiger partial charge is 0.443 e. The molecule has 24 heavy (non-hydrogen) atoms. The molecule has 2 aromatic rings. The number of ketones is 2. The lowest BCUT2D eigenvalue weighted by Crippen LogP contribution is -2.33. The van der Waals surface area contributed by atoms with Gasteiger partial charge in [-0.1, -0.05) is 0 Å². The van der Waals surface area contributed by atoms with Gasteiger partial charge in [0.15, 0.2) is 5.78 Å². The molecule has 0 aromatic carbocycles. The van der Waals surface area contributed by atoms with Gasteiger partial charge in [0, 0.05) is 18.8 Å². The molecule has 0 fully saturated rings. The monoisotopic (exact) mass is 344 g/mol. The van der Waals surface area contributed by atoms with Crippen LogP contribution in [0.25, 0.3) is 0 Å². The molecule has 0 saturated heterocycles. The van der Waals surface area contributed by atoms with E-state index in [4.69, 9.17) is 4.74 Å². The lowest BCUT2D eigenvalue weighted by atomic mass is 9.93. The molecule has 0 spiro atoms. The van der Waals surface area contributed by atoms with E-state index in [1.54, 1.807) is 46.0 Å². The van der Waals surface area contributed by atoms with E-state index in [2.05, 4.69) is 4.98 Å². The number of hydrogen-bond acceptors (Lipinski definition) is 6. The maximum Gasteiger partial charge on any atom is 0.415 e. The second-order valence-electron chi connectivity index (χ2n) is 6.42. The van der Waals surface area contributed by atoms with Crippen molar-refractivity contribution in [2.45, 2.75) is 26.4 Å². The Kier molecular flexibility index (Phi) is 3.76. The van der Waals surface area contributed by atoms with Crippen LogP contribution in [0.5, 0.6) is 0 Å². The third-order valence-electron chi connectivity index (χ3n) is 3.44. The maximum absolute atomic E-state index is 12.6. The van der Waals surface area contributed by atoms with Crippen molar-refractivity contribution in [1.82, 2.24) is 4.98 Å². The van der Waals surface area contributed by atoms with Crippen LogP contribution in [0.1, 0.15) is 52.1 Å². The molecule has 0 aliphatic heterocycles. The summed E-state index contributed by atoms with van der Waals surface area (Å²) in [6, 6.07) is 4.76. The maximum atomic E-state index is 12.6. The number of ether oxygens (including phenoxy) is 1. The first-order valence-electron chi connectivity index (χ1n) is 7.34. The van der Waals surface area contributed by atoms with Crippen molar-refractivity contribution in [3.63, 3.8) is 0 Å². The first-order valence-corrected chi connectivity index (χ1v) is 8.15. The predicted octanol–water partition coefficient (Wildman–Crippen LogP) is 3.29. The van der Waals surface area contributed by atoms with Gasteiger partial charge in [-0.25, -0.2) is 4.79 Å². The van der Waals surface area contributed by atoms with E-state index in [1.165, 1.54) is 11.1 Å². The highest BCUT2D eigenvalue weighted by atomic mass is 32.1. The summed E-state index contributed by atoms with van der Waals surface area (Å²) in [6.45, 7) is 5.31. The Bertz CT molecular complexity index is 811. The summed E-state index contributed by atoms with van der Waals surface area (Å²) >= 11 is 1.09. The number of pyridine rings is 1. The van der Waals surface area contributed by atoms with E-state index in [1.807, 2.05) is 0 Å². The summed E-state index contributed by atoms with van der Waals surface area (Å²) in [4.78, 5) is 42.9. The Labute approximate surface area is 143 Å². The Morgan fingerprint density at radius 1 is 1.21 bits per heavy atom. The molecule has 0 bridgehead atoms. The molecule has 0 atom stereocenters. The van der Waals surface area contributed by atoms with Gasteiger partial charge in [-0.05, 0) is 39.0 Å². The molecule has 2 aromatic heterocycles. The zero-order valence-electron chi connectivity index (χ0n) is 13.7. The van der Waals surface area contributed by atoms with E-state index >= 15 is 0 Å². The number of rotatable bonds is 1. The third kappa shape index (κ3) is 2.71. The van der Waals surface area contributed by atoms with Crippen LogP contribution in [0.2, 0.25) is 0 Å². The van der Waals surface area contributed by atoms with E-state index in [-0.39, 0.29) is 17.3 Å². The normalized spacial score (nSPS) is 13.3. The highest BCUT2D eigenvalue weighted by Crippen LogP contribution is 2.36. The van der Waals surface area contributed by atoms with Crippen molar-refractivity contribution < 1.29 is 19.1 Å². The molecule has 1 amide bonds. The van der Waals surface area contributed by atoms with Crippen LogP contribution in [-0.4, -0.2) is 35.3 Å². The van der Waals surface area contributed by atoms with Crippen LogP contribution in [0.3, 0.4) is 0 Å². The van der Waals surface area contributed by atoms with Gasteiger partial charge in [0.05, 0.1) is 10.4 Å². The van der Waals surface area contributed by atoms with Crippen molar-refractivity contribution in [3.8, 4) is 0 Å². The SMILES string of the molecule is CN(C(=O)OC(C)(C)C)c1cc2c(s1)C(=O)c1ncccc1C2=O. The number of amides is 1. The highest BCUT2D eigenvalue weighted by Gasteiger charge is 2.34. The zero-order chi connectivity index (χ0) is 17.6. The van der Waals surface area contributed by atoms with E-state index in [0.717, 1.165) is 11.3 Å². The average molecular weight is 344 g/mol. The van der Waals surface area contributed by atoms with Gasteiger partial charge in [-0.2, -0.15) is 0 Å². The molecule has 0 unspecified atom stereocenters. The van der Waals surface area contributed by atoms with Gasteiger partial charge in [-0.15, -0.1) is 11.3 Å². The Morgan fingerprint density at radius 2 is 1.92 bits per heavy atom. The summed E-state index contributed by atoms with van der Waals surface area (Å²) in [5.74, 6) is -0.554. The number of carbonyl (C=O) groups excluding carboxylic acids is 3. The van der Waals surface area contributed by atoms with Crippen molar-refractivity contribution in [3.05, 3.63) is 46.1 Å². The van der Waals surface area contributed by atoms with Gasteiger partial charge >= 0.3 is 6.09 Å². The summed E-state index contributed by atoms with van der Waals surface area (Å²) < 4.78 is 5.31. The van der Waals surface area contributed by atoms with Gasteiger partial charge < -0.3 is 4.74 Å². The molecule has 124 valence electrons. The topological polar surface area (TPSA) is 76.6 Å². The number of fused-ring (bicyclic) bond motifs is 2. The molecular weight excluding hydrogens is 328 g/mol. The average Bonchev–Trinajstić information content (AvgIpc) is 2.96. The number of thiophene rings is 1. The summed E-state index contributed by atoms with van der Waals surface area (Å²) in [5.41, 5.74) is 0.118. The van der Waals surface area contributed by atoms with Crippen molar-refractivity contribution in [1.29, 1.82) is 0 Å².